The fraction of sp³-hybridized carbons (Fsp3) is 0.500. The van der Waals surface area contributed by atoms with Gasteiger partial charge in [-0.15, -0.1) is 5.10 Å². The van der Waals surface area contributed by atoms with Crippen molar-refractivity contribution in [3.63, 3.8) is 0 Å². The molecule has 7 heteroatoms. The minimum atomic E-state index is -0.00891. The molecule has 0 saturated carbocycles. The molecule has 0 aromatic carbocycles. The first-order chi connectivity index (χ1) is 13.8. The van der Waals surface area contributed by atoms with Gasteiger partial charge in [-0.05, 0) is 30.7 Å². The summed E-state index contributed by atoms with van der Waals surface area (Å²) in [6, 6.07) is 7.58. The number of likely N-dealkylation sites (tertiary alicyclic amines) is 1. The van der Waals surface area contributed by atoms with Gasteiger partial charge in [-0.2, -0.15) is 0 Å². The van der Waals surface area contributed by atoms with Gasteiger partial charge in [0.25, 0.3) is 5.56 Å². The Labute approximate surface area is 170 Å². The van der Waals surface area contributed by atoms with Gasteiger partial charge in [-0.25, -0.2) is 9.50 Å². The third-order valence-corrected chi connectivity index (χ3v) is 5.48. The van der Waals surface area contributed by atoms with Crippen LogP contribution >= 0.6 is 0 Å². The number of ether oxygens (including phenoxy) is 1. The van der Waals surface area contributed by atoms with E-state index in [9.17, 15) is 4.79 Å². The Morgan fingerprint density at radius 3 is 2.83 bits per heavy atom. The smallest absolute Gasteiger partial charge is 0.250 e. The number of nitrogens with zero attached hydrogens (tertiary/aromatic N) is 5. The normalized spacial score (nSPS) is 17.9. The van der Waals surface area contributed by atoms with E-state index in [1.54, 1.807) is 22.2 Å². The Morgan fingerprint density at radius 2 is 2.07 bits per heavy atom. The van der Waals surface area contributed by atoms with Crippen molar-refractivity contribution in [1.29, 1.82) is 0 Å². The molecule has 0 radical (unpaired) electrons. The van der Waals surface area contributed by atoms with Crippen LogP contribution in [0.15, 0.2) is 41.5 Å². The SMILES string of the molecule is Cn1ccc(CN2CCC(COc3ccc4nc(C(C)(C)C)cn4n3)C2)cc1=O. The van der Waals surface area contributed by atoms with Crippen LogP contribution in [0.3, 0.4) is 0 Å². The number of aryl methyl sites for hydroxylation is 1. The van der Waals surface area contributed by atoms with Gasteiger partial charge in [0.2, 0.25) is 5.88 Å². The number of aromatic nitrogens is 4. The Morgan fingerprint density at radius 1 is 1.24 bits per heavy atom. The first-order valence-electron chi connectivity index (χ1n) is 10.2. The standard InChI is InChI=1S/C22H29N5O2/c1-22(2,3)18-14-27-19(23-18)5-6-20(24-27)29-15-17-8-10-26(13-17)12-16-7-9-25(4)21(28)11-16/h5-7,9,11,14,17H,8,10,12-13,15H2,1-4H3. The number of rotatable bonds is 5. The molecule has 0 spiro atoms. The molecule has 1 unspecified atom stereocenters. The van der Waals surface area contributed by atoms with Crippen LogP contribution in [0, 0.1) is 5.92 Å². The van der Waals surface area contributed by atoms with E-state index < -0.39 is 0 Å². The fourth-order valence-corrected chi connectivity index (χ4v) is 3.64. The lowest BCUT2D eigenvalue weighted by molar-refractivity contribution is 0.229. The van der Waals surface area contributed by atoms with Crippen molar-refractivity contribution in [2.24, 2.45) is 13.0 Å². The zero-order valence-corrected chi connectivity index (χ0v) is 17.6. The molecule has 7 nitrogen and oxygen atoms in total. The van der Waals surface area contributed by atoms with E-state index in [0.717, 1.165) is 43.0 Å². The maximum Gasteiger partial charge on any atom is 0.250 e. The number of fused-ring (bicyclic) bond motifs is 1. The van der Waals surface area contributed by atoms with Gasteiger partial charge in [0.1, 0.15) is 0 Å². The van der Waals surface area contributed by atoms with E-state index in [-0.39, 0.29) is 11.0 Å². The maximum atomic E-state index is 11.8. The predicted octanol–water partition coefficient (Wildman–Crippen LogP) is 2.63. The molecular weight excluding hydrogens is 366 g/mol. The summed E-state index contributed by atoms with van der Waals surface area (Å²) in [5.41, 5.74) is 2.95. The molecule has 4 heterocycles. The predicted molar refractivity (Wildman–Crippen MR) is 112 cm³/mol. The van der Waals surface area contributed by atoms with E-state index in [1.165, 1.54) is 0 Å². The summed E-state index contributed by atoms with van der Waals surface area (Å²) >= 11 is 0. The summed E-state index contributed by atoms with van der Waals surface area (Å²) in [7, 11) is 1.77. The molecule has 1 aliphatic heterocycles. The first-order valence-corrected chi connectivity index (χ1v) is 10.2. The van der Waals surface area contributed by atoms with E-state index in [0.29, 0.717) is 18.4 Å². The van der Waals surface area contributed by atoms with Crippen molar-refractivity contribution in [3.8, 4) is 5.88 Å². The Balaban J connectivity index is 1.33. The molecule has 0 amide bonds. The number of hydrogen-bond acceptors (Lipinski definition) is 5. The summed E-state index contributed by atoms with van der Waals surface area (Å²) in [5, 5.41) is 4.56. The van der Waals surface area contributed by atoms with Crippen molar-refractivity contribution in [2.45, 2.75) is 39.2 Å². The lowest BCUT2D eigenvalue weighted by atomic mass is 9.93. The first kappa shape index (κ1) is 19.6. The number of hydrogen-bond donors (Lipinski definition) is 0. The molecule has 0 aliphatic carbocycles. The average Bonchev–Trinajstić information content (AvgIpc) is 3.29. The maximum absolute atomic E-state index is 11.8. The molecule has 3 aromatic heterocycles. The van der Waals surface area contributed by atoms with Gasteiger partial charge in [-0.1, -0.05) is 20.8 Å². The van der Waals surface area contributed by atoms with E-state index in [2.05, 4.69) is 35.8 Å². The van der Waals surface area contributed by atoms with Crippen LogP contribution in [-0.2, 0) is 19.0 Å². The highest BCUT2D eigenvalue weighted by molar-refractivity contribution is 5.40. The summed E-state index contributed by atoms with van der Waals surface area (Å²) in [6.45, 7) is 9.87. The molecule has 1 atom stereocenters. The van der Waals surface area contributed by atoms with Gasteiger partial charge in [0, 0.05) is 49.8 Å². The molecule has 154 valence electrons. The second-order valence-corrected chi connectivity index (χ2v) is 9.04. The highest BCUT2D eigenvalue weighted by Crippen LogP contribution is 2.23. The molecule has 1 fully saturated rings. The van der Waals surface area contributed by atoms with Crippen molar-refractivity contribution in [2.75, 3.05) is 19.7 Å². The molecule has 3 aromatic rings. The highest BCUT2D eigenvalue weighted by Gasteiger charge is 2.23. The molecule has 4 rings (SSSR count). The van der Waals surface area contributed by atoms with Crippen LogP contribution in [0.5, 0.6) is 5.88 Å². The van der Waals surface area contributed by atoms with Crippen LogP contribution in [-0.4, -0.2) is 43.8 Å². The fourth-order valence-electron chi connectivity index (χ4n) is 3.64. The monoisotopic (exact) mass is 395 g/mol. The Kier molecular flexibility index (Phi) is 5.17. The van der Waals surface area contributed by atoms with Crippen LogP contribution < -0.4 is 10.3 Å². The zero-order valence-electron chi connectivity index (χ0n) is 17.6. The largest absolute Gasteiger partial charge is 0.476 e. The van der Waals surface area contributed by atoms with Crippen LogP contribution in [0.25, 0.3) is 5.65 Å². The van der Waals surface area contributed by atoms with E-state index in [4.69, 9.17) is 4.74 Å². The lowest BCUT2D eigenvalue weighted by Crippen LogP contribution is -2.24. The number of pyridine rings is 1. The van der Waals surface area contributed by atoms with Crippen LogP contribution in [0.1, 0.15) is 38.4 Å². The van der Waals surface area contributed by atoms with Gasteiger partial charge in [-0.3, -0.25) is 9.69 Å². The van der Waals surface area contributed by atoms with Crippen molar-refractivity contribution >= 4 is 5.65 Å². The van der Waals surface area contributed by atoms with Crippen molar-refractivity contribution in [3.05, 3.63) is 58.3 Å². The van der Waals surface area contributed by atoms with Gasteiger partial charge >= 0.3 is 0 Å². The van der Waals surface area contributed by atoms with Crippen molar-refractivity contribution < 1.29 is 4.74 Å². The molecule has 1 aliphatic rings. The quantitative estimate of drug-likeness (QED) is 0.665. The molecule has 1 saturated heterocycles. The molecule has 29 heavy (non-hydrogen) atoms. The third-order valence-electron chi connectivity index (χ3n) is 5.48. The van der Waals surface area contributed by atoms with Gasteiger partial charge < -0.3 is 9.30 Å². The topological polar surface area (TPSA) is 64.7 Å². The Hall–Kier alpha value is -2.67. The summed E-state index contributed by atoms with van der Waals surface area (Å²) in [6.07, 6.45) is 4.90. The van der Waals surface area contributed by atoms with E-state index in [1.807, 2.05) is 30.6 Å². The third kappa shape index (κ3) is 4.50. The number of imidazole rings is 1. The van der Waals surface area contributed by atoms with Gasteiger partial charge in [0.05, 0.1) is 18.5 Å². The summed E-state index contributed by atoms with van der Waals surface area (Å²) < 4.78 is 9.38. The molecule has 0 bridgehead atoms. The van der Waals surface area contributed by atoms with Crippen LogP contribution in [0.4, 0.5) is 0 Å². The molecular formula is C22H29N5O2. The lowest BCUT2D eigenvalue weighted by Gasteiger charge is -2.16. The minimum Gasteiger partial charge on any atom is -0.476 e. The highest BCUT2D eigenvalue weighted by atomic mass is 16.5. The second-order valence-electron chi connectivity index (χ2n) is 9.04. The van der Waals surface area contributed by atoms with Crippen molar-refractivity contribution in [1.82, 2.24) is 24.1 Å². The zero-order chi connectivity index (χ0) is 20.6. The van der Waals surface area contributed by atoms with E-state index >= 15 is 0 Å². The van der Waals surface area contributed by atoms with Crippen LogP contribution in [0.2, 0.25) is 0 Å². The van der Waals surface area contributed by atoms with Gasteiger partial charge in [0.15, 0.2) is 5.65 Å². The Bertz CT molecular complexity index is 1060. The summed E-state index contributed by atoms with van der Waals surface area (Å²) in [4.78, 5) is 18.8. The second kappa shape index (κ2) is 7.63. The summed E-state index contributed by atoms with van der Waals surface area (Å²) in [5.74, 6) is 1.09. The minimum absolute atomic E-state index is 0.00891. The molecule has 0 N–H and O–H groups in total. The average molecular weight is 396 g/mol.